The smallest absolute Gasteiger partial charge is 0.273 e. The van der Waals surface area contributed by atoms with Crippen molar-refractivity contribution in [1.29, 1.82) is 0 Å². The van der Waals surface area contributed by atoms with Crippen molar-refractivity contribution in [3.05, 3.63) is 33.9 Å². The molecule has 0 saturated carbocycles. The molecule has 0 aromatic heterocycles. The Hall–Kier alpha value is -1.14. The van der Waals surface area contributed by atoms with Gasteiger partial charge in [-0.1, -0.05) is 15.9 Å². The number of alkyl halides is 1. The van der Waals surface area contributed by atoms with Gasteiger partial charge in [0, 0.05) is 42.3 Å². The Morgan fingerprint density at radius 1 is 1.45 bits per heavy atom. The van der Waals surface area contributed by atoms with Crippen LogP contribution in [0, 0.1) is 10.1 Å². The van der Waals surface area contributed by atoms with Gasteiger partial charge >= 0.3 is 0 Å². The van der Waals surface area contributed by atoms with Gasteiger partial charge in [0.25, 0.3) is 5.69 Å². The van der Waals surface area contributed by atoms with Gasteiger partial charge < -0.3 is 9.64 Å². The number of nitro benzene ring substituents is 1. The second kappa shape index (κ2) is 7.04. The molecule has 0 N–H and O–H groups in total. The van der Waals surface area contributed by atoms with Gasteiger partial charge in [0.05, 0.1) is 11.0 Å². The monoisotopic (exact) mass is 342 g/mol. The van der Waals surface area contributed by atoms with Crippen LogP contribution in [-0.2, 0) is 10.1 Å². The predicted molar refractivity (Wildman–Crippen MR) is 82.6 cm³/mol. The number of rotatable bonds is 5. The van der Waals surface area contributed by atoms with Gasteiger partial charge in [-0.05, 0) is 31.9 Å². The number of benzene rings is 1. The highest BCUT2D eigenvalue weighted by atomic mass is 79.9. The number of nitrogens with zero attached hydrogens (tertiary/aromatic N) is 2. The fourth-order valence-corrected chi connectivity index (χ4v) is 3.02. The lowest BCUT2D eigenvalue weighted by Gasteiger charge is -2.33. The molecule has 1 saturated heterocycles. The molecular formula is C14H19BrN2O3. The lowest BCUT2D eigenvalue weighted by molar-refractivity contribution is -0.385. The first-order valence-electron chi connectivity index (χ1n) is 6.85. The van der Waals surface area contributed by atoms with Gasteiger partial charge in [0.15, 0.2) is 0 Å². The van der Waals surface area contributed by atoms with E-state index in [2.05, 4.69) is 20.8 Å². The van der Waals surface area contributed by atoms with Gasteiger partial charge in [-0.3, -0.25) is 10.1 Å². The molecule has 1 aliphatic rings. The molecule has 0 radical (unpaired) electrons. The summed E-state index contributed by atoms with van der Waals surface area (Å²) in [6.07, 6.45) is 2.37. The summed E-state index contributed by atoms with van der Waals surface area (Å²) < 4.78 is 5.64. The van der Waals surface area contributed by atoms with Crippen LogP contribution in [0.25, 0.3) is 0 Å². The number of piperidine rings is 1. The van der Waals surface area contributed by atoms with Crippen molar-refractivity contribution in [3.63, 3.8) is 0 Å². The third-order valence-electron chi connectivity index (χ3n) is 3.61. The van der Waals surface area contributed by atoms with Crippen LogP contribution in [-0.4, -0.2) is 30.7 Å². The number of halogens is 1. The Bertz CT molecular complexity index is 473. The number of ether oxygens (including phenoxy) is 1. The average Bonchev–Trinajstić information content (AvgIpc) is 2.47. The molecule has 6 heteroatoms. The first-order valence-corrected chi connectivity index (χ1v) is 7.97. The molecule has 20 heavy (non-hydrogen) atoms. The van der Waals surface area contributed by atoms with Crippen molar-refractivity contribution in [3.8, 4) is 0 Å². The number of hydrogen-bond acceptors (Lipinski definition) is 4. The van der Waals surface area contributed by atoms with E-state index in [0.29, 0.717) is 11.4 Å². The maximum atomic E-state index is 10.9. The van der Waals surface area contributed by atoms with Gasteiger partial charge in [-0.15, -0.1) is 0 Å². The van der Waals surface area contributed by atoms with Crippen molar-refractivity contribution >= 4 is 27.3 Å². The highest BCUT2D eigenvalue weighted by molar-refractivity contribution is 9.08. The van der Waals surface area contributed by atoms with Crippen molar-refractivity contribution in [2.75, 3.05) is 24.6 Å². The average molecular weight is 343 g/mol. The molecule has 1 aromatic rings. The Labute approximate surface area is 127 Å². The molecule has 0 atom stereocenters. The van der Waals surface area contributed by atoms with Crippen LogP contribution in [0.15, 0.2) is 18.2 Å². The molecule has 1 aliphatic heterocycles. The molecule has 1 aromatic carbocycles. The minimum atomic E-state index is -0.332. The molecule has 2 rings (SSSR count). The van der Waals surface area contributed by atoms with E-state index < -0.39 is 0 Å². The summed E-state index contributed by atoms with van der Waals surface area (Å²) in [5.41, 5.74) is 1.95. The fourth-order valence-electron chi connectivity index (χ4n) is 2.57. The fraction of sp³-hybridized carbons (Fsp3) is 0.571. The minimum Gasteiger partial charge on any atom is -0.378 e. The van der Waals surface area contributed by atoms with Crippen LogP contribution < -0.4 is 4.90 Å². The zero-order chi connectivity index (χ0) is 14.5. The number of nitro groups is 1. The van der Waals surface area contributed by atoms with Crippen molar-refractivity contribution < 1.29 is 9.66 Å². The third kappa shape index (κ3) is 3.49. The molecule has 5 nitrogen and oxygen atoms in total. The van der Waals surface area contributed by atoms with Gasteiger partial charge in [0.2, 0.25) is 0 Å². The van der Waals surface area contributed by atoms with Crippen LogP contribution in [0.2, 0.25) is 0 Å². The van der Waals surface area contributed by atoms with E-state index >= 15 is 0 Å². The third-order valence-corrected chi connectivity index (χ3v) is 4.22. The van der Waals surface area contributed by atoms with Crippen molar-refractivity contribution in [2.45, 2.75) is 31.2 Å². The van der Waals surface area contributed by atoms with E-state index in [1.807, 2.05) is 19.1 Å². The molecule has 0 spiro atoms. The van der Waals surface area contributed by atoms with Gasteiger partial charge in [0.1, 0.15) is 0 Å². The summed E-state index contributed by atoms with van der Waals surface area (Å²) >= 11 is 3.32. The summed E-state index contributed by atoms with van der Waals surface area (Å²) in [5.74, 6) is 0. The van der Waals surface area contributed by atoms with E-state index in [4.69, 9.17) is 4.74 Å². The molecular weight excluding hydrogens is 324 g/mol. The molecule has 0 bridgehead atoms. The number of hydrogen-bond donors (Lipinski definition) is 0. The lowest BCUT2D eigenvalue weighted by atomic mass is 10.1. The SMILES string of the molecule is CCOC1CCN(c2ccc([N+](=O)[O-])c(CBr)c2)CC1. The zero-order valence-electron chi connectivity index (χ0n) is 11.5. The maximum absolute atomic E-state index is 10.9. The second-order valence-corrected chi connectivity index (χ2v) is 5.41. The van der Waals surface area contributed by atoms with E-state index in [9.17, 15) is 10.1 Å². The summed E-state index contributed by atoms with van der Waals surface area (Å²) in [6.45, 7) is 4.65. The largest absolute Gasteiger partial charge is 0.378 e. The van der Waals surface area contributed by atoms with Crippen LogP contribution in [0.3, 0.4) is 0 Å². The van der Waals surface area contributed by atoms with Crippen LogP contribution >= 0.6 is 15.9 Å². The highest BCUT2D eigenvalue weighted by Gasteiger charge is 2.21. The summed E-state index contributed by atoms with van der Waals surface area (Å²) in [6, 6.07) is 5.35. The topological polar surface area (TPSA) is 55.6 Å². The van der Waals surface area contributed by atoms with E-state index in [0.717, 1.165) is 43.8 Å². The minimum absolute atomic E-state index is 0.176. The molecule has 0 aliphatic carbocycles. The molecule has 0 unspecified atom stereocenters. The Morgan fingerprint density at radius 3 is 2.70 bits per heavy atom. The maximum Gasteiger partial charge on any atom is 0.273 e. The van der Waals surface area contributed by atoms with Gasteiger partial charge in [-0.2, -0.15) is 0 Å². The summed E-state index contributed by atoms with van der Waals surface area (Å²) in [4.78, 5) is 12.9. The standard InChI is InChI=1S/C14H19BrN2O3/c1-2-20-13-5-7-16(8-6-13)12-3-4-14(17(18)19)11(9-12)10-15/h3-4,9,13H,2,5-8,10H2,1H3. The summed E-state index contributed by atoms with van der Waals surface area (Å²) in [7, 11) is 0. The van der Waals surface area contributed by atoms with E-state index in [1.54, 1.807) is 6.07 Å². The van der Waals surface area contributed by atoms with Crippen molar-refractivity contribution in [2.24, 2.45) is 0 Å². The van der Waals surface area contributed by atoms with E-state index in [-0.39, 0.29) is 10.6 Å². The summed E-state index contributed by atoms with van der Waals surface area (Å²) in [5, 5.41) is 11.4. The highest BCUT2D eigenvalue weighted by Crippen LogP contribution is 2.28. The Kier molecular flexibility index (Phi) is 5.37. The van der Waals surface area contributed by atoms with Crippen LogP contribution in [0.4, 0.5) is 11.4 Å². The molecule has 1 fully saturated rings. The normalized spacial score (nSPS) is 16.4. The molecule has 1 heterocycles. The first-order chi connectivity index (χ1) is 9.65. The lowest BCUT2D eigenvalue weighted by Crippen LogP contribution is -2.37. The second-order valence-electron chi connectivity index (χ2n) is 4.85. The molecule has 110 valence electrons. The first kappa shape index (κ1) is 15.3. The van der Waals surface area contributed by atoms with E-state index in [1.165, 1.54) is 0 Å². The molecule has 0 amide bonds. The number of anilines is 1. The van der Waals surface area contributed by atoms with Crippen molar-refractivity contribution in [1.82, 2.24) is 0 Å². The quantitative estimate of drug-likeness (QED) is 0.467. The zero-order valence-corrected chi connectivity index (χ0v) is 13.1. The van der Waals surface area contributed by atoms with Crippen LogP contribution in [0.5, 0.6) is 0 Å². The van der Waals surface area contributed by atoms with Gasteiger partial charge in [-0.25, -0.2) is 0 Å². The van der Waals surface area contributed by atoms with Crippen LogP contribution in [0.1, 0.15) is 25.3 Å². The predicted octanol–water partition coefficient (Wildman–Crippen LogP) is 3.50. The Morgan fingerprint density at radius 2 is 2.15 bits per heavy atom. The Balaban J connectivity index is 2.08.